The average Bonchev–Trinajstić information content (AvgIpc) is 2.62. The molecule has 0 atom stereocenters. The van der Waals surface area contributed by atoms with Gasteiger partial charge in [0.1, 0.15) is 12.4 Å². The third-order valence-electron chi connectivity index (χ3n) is 4.69. The molecule has 0 radical (unpaired) electrons. The van der Waals surface area contributed by atoms with Crippen molar-refractivity contribution in [3.63, 3.8) is 0 Å². The predicted molar refractivity (Wildman–Crippen MR) is 99.0 cm³/mol. The molecule has 6 heteroatoms. The number of ether oxygens (including phenoxy) is 1. The van der Waals surface area contributed by atoms with E-state index in [0.717, 1.165) is 21.3 Å². The number of halogens is 4. The summed E-state index contributed by atoms with van der Waals surface area (Å²) in [7, 11) is 0. The van der Waals surface area contributed by atoms with E-state index in [1.807, 2.05) is 48.5 Å². The topological polar surface area (TPSA) is 12.5 Å². The Hall–Kier alpha value is -1.53. The zero-order valence-corrected chi connectivity index (χ0v) is 15.9. The molecule has 0 N–H and O–H groups in total. The van der Waals surface area contributed by atoms with Gasteiger partial charge in [-0.05, 0) is 65.1 Å². The van der Waals surface area contributed by atoms with E-state index in [1.165, 1.54) is 0 Å². The minimum atomic E-state index is -4.06. The summed E-state index contributed by atoms with van der Waals surface area (Å²) >= 11 is 3.53. The van der Waals surface area contributed by atoms with Crippen LogP contribution < -0.4 is 4.74 Å². The lowest BCUT2D eigenvalue weighted by molar-refractivity contribution is -0.185. The van der Waals surface area contributed by atoms with Crippen LogP contribution >= 0.6 is 15.9 Å². The molecule has 0 saturated carbocycles. The first-order chi connectivity index (χ1) is 12.4. The maximum atomic E-state index is 12.7. The standard InChI is InChI=1S/C20H21BrF3NO/c21-18-12-16(13-25-10-8-17(9-11-25)20(22,23)24)6-7-19(18)26-14-15-4-2-1-3-5-15/h1-7,12,17H,8-11,13-14H2. The minimum Gasteiger partial charge on any atom is -0.488 e. The van der Waals surface area contributed by atoms with E-state index in [1.54, 1.807) is 0 Å². The molecular formula is C20H21BrF3NO. The van der Waals surface area contributed by atoms with Crippen molar-refractivity contribution in [3.05, 3.63) is 64.1 Å². The molecule has 0 bridgehead atoms. The molecule has 3 rings (SSSR count). The van der Waals surface area contributed by atoms with Crippen molar-refractivity contribution in [2.24, 2.45) is 5.92 Å². The van der Waals surface area contributed by atoms with Crippen molar-refractivity contribution >= 4 is 15.9 Å². The highest BCUT2D eigenvalue weighted by atomic mass is 79.9. The van der Waals surface area contributed by atoms with Gasteiger partial charge < -0.3 is 4.74 Å². The van der Waals surface area contributed by atoms with Crippen molar-refractivity contribution in [2.45, 2.75) is 32.2 Å². The van der Waals surface area contributed by atoms with E-state index in [4.69, 9.17) is 4.74 Å². The Morgan fingerprint density at radius 3 is 2.31 bits per heavy atom. The molecule has 1 fully saturated rings. The van der Waals surface area contributed by atoms with Gasteiger partial charge in [-0.3, -0.25) is 4.90 Å². The molecule has 0 aliphatic carbocycles. The van der Waals surface area contributed by atoms with Gasteiger partial charge in [0.05, 0.1) is 10.4 Å². The van der Waals surface area contributed by atoms with E-state index in [-0.39, 0.29) is 12.8 Å². The van der Waals surface area contributed by atoms with E-state index in [2.05, 4.69) is 20.8 Å². The fraction of sp³-hybridized carbons (Fsp3) is 0.400. The second-order valence-corrected chi connectivity index (χ2v) is 7.49. The first-order valence-corrected chi connectivity index (χ1v) is 9.45. The Balaban J connectivity index is 1.53. The highest BCUT2D eigenvalue weighted by Gasteiger charge is 2.40. The van der Waals surface area contributed by atoms with Gasteiger partial charge in [0.2, 0.25) is 0 Å². The number of hydrogen-bond acceptors (Lipinski definition) is 2. The average molecular weight is 428 g/mol. The Bertz CT molecular complexity index is 713. The van der Waals surface area contributed by atoms with Crippen molar-refractivity contribution in [2.75, 3.05) is 13.1 Å². The quantitative estimate of drug-likeness (QED) is 0.597. The van der Waals surface area contributed by atoms with Crippen LogP contribution in [0.5, 0.6) is 5.75 Å². The van der Waals surface area contributed by atoms with Crippen LogP contribution in [-0.2, 0) is 13.2 Å². The summed E-state index contributed by atoms with van der Waals surface area (Å²) in [5.41, 5.74) is 2.16. The normalized spacial score (nSPS) is 16.6. The molecule has 0 unspecified atom stereocenters. The molecule has 26 heavy (non-hydrogen) atoms. The Morgan fingerprint density at radius 1 is 1.00 bits per heavy atom. The van der Waals surface area contributed by atoms with E-state index >= 15 is 0 Å². The van der Waals surface area contributed by atoms with Gasteiger partial charge in [-0.1, -0.05) is 36.4 Å². The Kier molecular flexibility index (Phi) is 6.24. The largest absolute Gasteiger partial charge is 0.488 e. The molecular weight excluding hydrogens is 407 g/mol. The van der Waals surface area contributed by atoms with Gasteiger partial charge in [0, 0.05) is 6.54 Å². The molecule has 2 nitrogen and oxygen atoms in total. The number of piperidine rings is 1. The predicted octanol–water partition coefficient (Wildman–Crippen LogP) is 5.80. The first kappa shape index (κ1) is 19.2. The zero-order valence-electron chi connectivity index (χ0n) is 14.3. The van der Waals surface area contributed by atoms with Gasteiger partial charge in [0.25, 0.3) is 0 Å². The number of nitrogens with zero attached hydrogens (tertiary/aromatic N) is 1. The summed E-state index contributed by atoms with van der Waals surface area (Å²) in [4.78, 5) is 2.08. The zero-order chi connectivity index (χ0) is 18.6. The molecule has 0 amide bonds. The first-order valence-electron chi connectivity index (χ1n) is 8.66. The van der Waals surface area contributed by atoms with Crippen molar-refractivity contribution < 1.29 is 17.9 Å². The van der Waals surface area contributed by atoms with Crippen LogP contribution in [0.4, 0.5) is 13.2 Å². The summed E-state index contributed by atoms with van der Waals surface area (Å²) in [6.45, 7) is 2.11. The lowest BCUT2D eigenvalue weighted by Gasteiger charge is -2.32. The summed E-state index contributed by atoms with van der Waals surface area (Å²) in [6.07, 6.45) is -3.70. The number of hydrogen-bond donors (Lipinski definition) is 0. The Morgan fingerprint density at radius 2 is 1.69 bits per heavy atom. The van der Waals surface area contributed by atoms with Crippen LogP contribution in [0.25, 0.3) is 0 Å². The van der Waals surface area contributed by atoms with Crippen LogP contribution in [0.1, 0.15) is 24.0 Å². The van der Waals surface area contributed by atoms with Crippen molar-refractivity contribution in [3.8, 4) is 5.75 Å². The van der Waals surface area contributed by atoms with Gasteiger partial charge in [-0.15, -0.1) is 0 Å². The number of alkyl halides is 3. The summed E-state index contributed by atoms with van der Waals surface area (Å²) in [6, 6.07) is 15.8. The third-order valence-corrected chi connectivity index (χ3v) is 5.31. The molecule has 2 aromatic rings. The smallest absolute Gasteiger partial charge is 0.391 e. The van der Waals surface area contributed by atoms with Crippen LogP contribution in [-0.4, -0.2) is 24.2 Å². The summed E-state index contributed by atoms with van der Waals surface area (Å²) < 4.78 is 44.9. The van der Waals surface area contributed by atoms with Gasteiger partial charge in [-0.2, -0.15) is 13.2 Å². The van der Waals surface area contributed by atoms with Gasteiger partial charge in [0.15, 0.2) is 0 Å². The molecule has 0 spiro atoms. The summed E-state index contributed by atoms with van der Waals surface area (Å²) in [5, 5.41) is 0. The maximum Gasteiger partial charge on any atom is 0.391 e. The molecule has 1 aliphatic heterocycles. The van der Waals surface area contributed by atoms with Crippen LogP contribution in [0.2, 0.25) is 0 Å². The number of likely N-dealkylation sites (tertiary alicyclic amines) is 1. The minimum absolute atomic E-state index is 0.183. The van der Waals surface area contributed by atoms with Crippen molar-refractivity contribution in [1.29, 1.82) is 0 Å². The molecule has 140 valence electrons. The maximum absolute atomic E-state index is 12.7. The second-order valence-electron chi connectivity index (χ2n) is 6.63. The molecule has 0 aromatic heterocycles. The lowest BCUT2D eigenvalue weighted by atomic mass is 9.96. The van der Waals surface area contributed by atoms with Gasteiger partial charge >= 0.3 is 6.18 Å². The SMILES string of the molecule is FC(F)(F)C1CCN(Cc2ccc(OCc3ccccc3)c(Br)c2)CC1. The molecule has 1 aliphatic rings. The van der Waals surface area contributed by atoms with E-state index in [9.17, 15) is 13.2 Å². The fourth-order valence-corrected chi connectivity index (χ4v) is 3.71. The van der Waals surface area contributed by atoms with Crippen molar-refractivity contribution in [1.82, 2.24) is 4.90 Å². The molecule has 1 heterocycles. The second kappa shape index (κ2) is 8.44. The van der Waals surface area contributed by atoms with E-state index < -0.39 is 12.1 Å². The molecule has 1 saturated heterocycles. The highest BCUT2D eigenvalue weighted by Crippen LogP contribution is 2.34. The van der Waals surface area contributed by atoms with E-state index in [0.29, 0.717) is 26.2 Å². The van der Waals surface area contributed by atoms with Crippen LogP contribution in [0, 0.1) is 5.92 Å². The molecule has 2 aromatic carbocycles. The third kappa shape index (κ3) is 5.24. The van der Waals surface area contributed by atoms with Crippen LogP contribution in [0.15, 0.2) is 53.0 Å². The number of rotatable bonds is 5. The summed E-state index contributed by atoms with van der Waals surface area (Å²) in [5.74, 6) is -0.396. The highest BCUT2D eigenvalue weighted by molar-refractivity contribution is 9.10. The lowest BCUT2D eigenvalue weighted by Crippen LogP contribution is -2.38. The van der Waals surface area contributed by atoms with Crippen LogP contribution in [0.3, 0.4) is 0 Å². The fourth-order valence-electron chi connectivity index (χ4n) is 3.17. The monoisotopic (exact) mass is 427 g/mol. The van der Waals surface area contributed by atoms with Gasteiger partial charge in [-0.25, -0.2) is 0 Å². The number of benzene rings is 2. The Labute approximate surface area is 160 Å².